The molecule has 1 aliphatic heterocycles. The molecular weight excluding hydrogens is 412 g/mol. The van der Waals surface area contributed by atoms with Crippen LogP contribution in [0.4, 0.5) is 0 Å². The average molecular weight is 443 g/mol. The molecule has 2 fully saturated rings. The Balaban J connectivity index is 1.54. The topological polar surface area (TPSA) is 75.7 Å². The van der Waals surface area contributed by atoms with Crippen molar-refractivity contribution in [2.24, 2.45) is 5.92 Å². The number of amides is 1. The third kappa shape index (κ3) is 4.77. The van der Waals surface area contributed by atoms with E-state index in [4.69, 9.17) is 4.74 Å². The van der Waals surface area contributed by atoms with Gasteiger partial charge in [0.25, 0.3) is 5.91 Å². The number of sulfonamides is 1. The summed E-state index contributed by atoms with van der Waals surface area (Å²) < 4.78 is 33.2. The first kappa shape index (κ1) is 21.8. The fourth-order valence-corrected chi connectivity index (χ4v) is 6.05. The zero-order chi connectivity index (χ0) is 22.0. The molecule has 166 valence electrons. The number of methoxy groups -OCH3 is 1. The Bertz CT molecular complexity index is 1030. The van der Waals surface area contributed by atoms with E-state index in [0.717, 1.165) is 43.4 Å². The number of hydrogen-bond acceptors (Lipinski definition) is 4. The molecule has 2 aromatic rings. The number of hydrogen-bond donors (Lipinski definition) is 1. The van der Waals surface area contributed by atoms with Crippen molar-refractivity contribution in [2.75, 3.05) is 13.7 Å². The van der Waals surface area contributed by atoms with E-state index >= 15 is 0 Å². The maximum absolute atomic E-state index is 13.2. The van der Waals surface area contributed by atoms with E-state index in [-0.39, 0.29) is 22.9 Å². The van der Waals surface area contributed by atoms with Crippen molar-refractivity contribution in [1.29, 1.82) is 0 Å². The van der Waals surface area contributed by atoms with Gasteiger partial charge in [-0.25, -0.2) is 8.42 Å². The standard InChI is InChI=1S/C24H30N2O4S/c1-17-6-3-4-15-26(17)31(28,29)22-8-5-7-20(16-22)24(27)25-23(18-9-10-18)19-11-13-21(30-2)14-12-19/h5,7-8,11-14,16-18,23H,3-4,6,9-10,15H2,1-2H3,(H,25,27). The minimum Gasteiger partial charge on any atom is -0.497 e. The van der Waals surface area contributed by atoms with Crippen molar-refractivity contribution in [3.05, 3.63) is 59.7 Å². The lowest BCUT2D eigenvalue weighted by atomic mass is 10.0. The van der Waals surface area contributed by atoms with Crippen LogP contribution in [-0.2, 0) is 10.0 Å². The molecule has 1 saturated carbocycles. The maximum atomic E-state index is 13.2. The molecule has 2 atom stereocenters. The average Bonchev–Trinajstić information content (AvgIpc) is 3.63. The minimum absolute atomic E-state index is 0.0226. The molecule has 1 saturated heterocycles. The fourth-order valence-electron chi connectivity index (χ4n) is 4.30. The van der Waals surface area contributed by atoms with Gasteiger partial charge in [0, 0.05) is 18.2 Å². The Morgan fingerprint density at radius 3 is 2.48 bits per heavy atom. The zero-order valence-corrected chi connectivity index (χ0v) is 18.9. The second kappa shape index (κ2) is 9.01. The van der Waals surface area contributed by atoms with Crippen LogP contribution in [0.15, 0.2) is 53.4 Å². The van der Waals surface area contributed by atoms with Gasteiger partial charge in [0.1, 0.15) is 5.75 Å². The van der Waals surface area contributed by atoms with Crippen LogP contribution in [0.2, 0.25) is 0 Å². The van der Waals surface area contributed by atoms with Gasteiger partial charge in [-0.1, -0.05) is 24.6 Å². The zero-order valence-electron chi connectivity index (χ0n) is 18.1. The van der Waals surface area contributed by atoms with Crippen molar-refractivity contribution < 1.29 is 17.9 Å². The molecule has 2 unspecified atom stereocenters. The first-order chi connectivity index (χ1) is 14.9. The summed E-state index contributed by atoms with van der Waals surface area (Å²) in [4.78, 5) is 13.2. The van der Waals surface area contributed by atoms with Gasteiger partial charge in [0.05, 0.1) is 18.0 Å². The Morgan fingerprint density at radius 2 is 1.84 bits per heavy atom. The minimum atomic E-state index is -3.62. The molecule has 2 aliphatic rings. The molecule has 1 heterocycles. The Hall–Kier alpha value is -2.38. The van der Waals surface area contributed by atoms with E-state index in [1.54, 1.807) is 29.6 Å². The molecule has 0 aromatic heterocycles. The predicted molar refractivity (Wildman–Crippen MR) is 120 cm³/mol. The van der Waals surface area contributed by atoms with Crippen LogP contribution in [-0.4, -0.2) is 38.3 Å². The van der Waals surface area contributed by atoms with Crippen LogP contribution in [0.5, 0.6) is 5.75 Å². The Labute approximate surface area is 184 Å². The molecule has 0 spiro atoms. The summed E-state index contributed by atoms with van der Waals surface area (Å²) in [6, 6.07) is 14.0. The summed E-state index contributed by atoms with van der Waals surface area (Å²) >= 11 is 0. The highest BCUT2D eigenvalue weighted by Crippen LogP contribution is 2.41. The number of benzene rings is 2. The van der Waals surface area contributed by atoms with Gasteiger partial charge >= 0.3 is 0 Å². The number of carbonyl (C=O) groups is 1. The van der Waals surface area contributed by atoms with Gasteiger partial charge in [0.15, 0.2) is 0 Å². The van der Waals surface area contributed by atoms with Gasteiger partial charge in [-0.15, -0.1) is 0 Å². The first-order valence-electron chi connectivity index (χ1n) is 11.0. The molecular formula is C24H30N2O4S. The van der Waals surface area contributed by atoms with E-state index in [1.807, 2.05) is 31.2 Å². The lowest BCUT2D eigenvalue weighted by Crippen LogP contribution is -2.42. The highest BCUT2D eigenvalue weighted by Gasteiger charge is 2.34. The lowest BCUT2D eigenvalue weighted by Gasteiger charge is -2.32. The third-order valence-electron chi connectivity index (χ3n) is 6.30. The van der Waals surface area contributed by atoms with Crippen molar-refractivity contribution in [2.45, 2.75) is 56.0 Å². The smallest absolute Gasteiger partial charge is 0.251 e. The summed E-state index contributed by atoms with van der Waals surface area (Å²) in [5.74, 6) is 0.921. The number of ether oxygens (including phenoxy) is 1. The van der Waals surface area contributed by atoms with Gasteiger partial charge in [0.2, 0.25) is 10.0 Å². The maximum Gasteiger partial charge on any atom is 0.251 e. The molecule has 31 heavy (non-hydrogen) atoms. The largest absolute Gasteiger partial charge is 0.497 e. The van der Waals surface area contributed by atoms with Crippen LogP contribution in [0.1, 0.15) is 61.0 Å². The molecule has 0 bridgehead atoms. The molecule has 1 amide bonds. The van der Waals surface area contributed by atoms with Gasteiger partial charge in [-0.2, -0.15) is 4.31 Å². The van der Waals surface area contributed by atoms with Crippen molar-refractivity contribution in [3.8, 4) is 5.75 Å². The van der Waals surface area contributed by atoms with E-state index in [9.17, 15) is 13.2 Å². The molecule has 6 nitrogen and oxygen atoms in total. The second-order valence-corrected chi connectivity index (χ2v) is 10.4. The number of piperidine rings is 1. The molecule has 1 N–H and O–H groups in total. The summed E-state index contributed by atoms with van der Waals surface area (Å²) in [5.41, 5.74) is 1.40. The number of rotatable bonds is 7. The monoisotopic (exact) mass is 442 g/mol. The van der Waals surface area contributed by atoms with Crippen LogP contribution < -0.4 is 10.1 Å². The van der Waals surface area contributed by atoms with E-state index in [0.29, 0.717) is 18.0 Å². The van der Waals surface area contributed by atoms with Crippen LogP contribution in [0.3, 0.4) is 0 Å². The lowest BCUT2D eigenvalue weighted by molar-refractivity contribution is 0.0931. The van der Waals surface area contributed by atoms with Crippen LogP contribution >= 0.6 is 0 Å². The van der Waals surface area contributed by atoms with E-state index in [2.05, 4.69) is 5.32 Å². The molecule has 2 aromatic carbocycles. The second-order valence-electron chi connectivity index (χ2n) is 8.55. The Kier molecular flexibility index (Phi) is 6.34. The SMILES string of the molecule is COc1ccc(C(NC(=O)c2cccc(S(=O)(=O)N3CCCCC3C)c2)C2CC2)cc1. The highest BCUT2D eigenvalue weighted by atomic mass is 32.2. The summed E-state index contributed by atoms with van der Waals surface area (Å²) in [7, 11) is -1.99. The quantitative estimate of drug-likeness (QED) is 0.699. The van der Waals surface area contributed by atoms with Gasteiger partial charge < -0.3 is 10.1 Å². The molecule has 7 heteroatoms. The highest BCUT2D eigenvalue weighted by molar-refractivity contribution is 7.89. The Morgan fingerprint density at radius 1 is 1.10 bits per heavy atom. The third-order valence-corrected chi connectivity index (χ3v) is 8.31. The summed E-state index contributed by atoms with van der Waals surface area (Å²) in [6.07, 6.45) is 4.92. The number of carbonyl (C=O) groups excluding carboxylic acids is 1. The number of nitrogens with zero attached hydrogens (tertiary/aromatic N) is 1. The summed E-state index contributed by atoms with van der Waals surface area (Å²) in [5, 5.41) is 3.13. The van der Waals surface area contributed by atoms with Gasteiger partial charge in [-0.05, 0) is 74.4 Å². The van der Waals surface area contributed by atoms with Gasteiger partial charge in [-0.3, -0.25) is 4.79 Å². The first-order valence-corrected chi connectivity index (χ1v) is 12.4. The molecule has 0 radical (unpaired) electrons. The summed E-state index contributed by atoms with van der Waals surface area (Å²) in [6.45, 7) is 2.48. The van der Waals surface area contributed by atoms with Crippen LogP contribution in [0.25, 0.3) is 0 Å². The van der Waals surface area contributed by atoms with Crippen molar-refractivity contribution in [1.82, 2.24) is 9.62 Å². The van der Waals surface area contributed by atoms with E-state index < -0.39 is 10.0 Å². The van der Waals surface area contributed by atoms with E-state index in [1.165, 1.54) is 6.07 Å². The fraction of sp³-hybridized carbons (Fsp3) is 0.458. The normalized spacial score (nSPS) is 20.8. The predicted octanol–water partition coefficient (Wildman–Crippen LogP) is 4.14. The molecule has 1 aliphatic carbocycles. The van der Waals surface area contributed by atoms with Crippen LogP contribution in [0, 0.1) is 5.92 Å². The number of nitrogens with one attached hydrogen (secondary N) is 1. The van der Waals surface area contributed by atoms with Crippen molar-refractivity contribution >= 4 is 15.9 Å². The van der Waals surface area contributed by atoms with Crippen molar-refractivity contribution in [3.63, 3.8) is 0 Å². The molecule has 4 rings (SSSR count).